The van der Waals surface area contributed by atoms with E-state index >= 15 is 0 Å². The van der Waals surface area contributed by atoms with E-state index in [9.17, 15) is 4.39 Å². The van der Waals surface area contributed by atoms with Crippen molar-refractivity contribution in [3.8, 4) is 5.75 Å². The number of benzene rings is 2. The minimum absolute atomic E-state index is 0.0309. The number of likely N-dealkylation sites (N-methyl/N-ethyl adjacent to an activating group) is 1. The molecule has 1 unspecified atom stereocenters. The summed E-state index contributed by atoms with van der Waals surface area (Å²) in [5.74, 6) is 0.609. The zero-order valence-corrected chi connectivity index (χ0v) is 17.3. The molecule has 0 radical (unpaired) electrons. The molecule has 2 aromatic rings. The summed E-state index contributed by atoms with van der Waals surface area (Å²) in [5, 5.41) is 14.0. The van der Waals surface area contributed by atoms with Crippen LogP contribution >= 0.6 is 0 Å². The zero-order valence-electron chi connectivity index (χ0n) is 17.3. The van der Waals surface area contributed by atoms with E-state index in [1.807, 2.05) is 20.2 Å². The van der Waals surface area contributed by atoms with Gasteiger partial charge in [0.2, 0.25) is 0 Å². The van der Waals surface area contributed by atoms with Crippen molar-refractivity contribution >= 4 is 23.0 Å². The molecular weight excluding hydrogens is 379 g/mol. The van der Waals surface area contributed by atoms with Gasteiger partial charge in [-0.1, -0.05) is 18.2 Å². The van der Waals surface area contributed by atoms with Crippen molar-refractivity contribution in [3.63, 3.8) is 0 Å². The van der Waals surface area contributed by atoms with Crippen LogP contribution in [0.3, 0.4) is 0 Å². The lowest BCUT2D eigenvalue weighted by Crippen LogP contribution is -2.12. The fourth-order valence-electron chi connectivity index (χ4n) is 3.82. The van der Waals surface area contributed by atoms with Crippen molar-refractivity contribution in [2.24, 2.45) is 5.92 Å². The number of hydrogen-bond donors (Lipinski definition) is 4. The average Bonchev–Trinajstić information content (AvgIpc) is 3.51. The second-order valence-electron chi connectivity index (χ2n) is 7.81. The third kappa shape index (κ3) is 3.83. The van der Waals surface area contributed by atoms with Gasteiger partial charge in [0.15, 0.2) is 0 Å². The number of allylic oxidation sites excluding steroid dienone is 1. The van der Waals surface area contributed by atoms with Gasteiger partial charge >= 0.3 is 0 Å². The van der Waals surface area contributed by atoms with E-state index in [-0.39, 0.29) is 11.7 Å². The number of fused-ring (bicyclic) bond motifs is 1. The Balaban J connectivity index is 1.81. The lowest BCUT2D eigenvalue weighted by atomic mass is 9.94. The Bertz CT molecular complexity index is 1040. The Morgan fingerprint density at radius 1 is 1.23 bits per heavy atom. The summed E-state index contributed by atoms with van der Waals surface area (Å²) in [6, 6.07) is 9.24. The molecule has 30 heavy (non-hydrogen) atoms. The topological polar surface area (TPSA) is 83.2 Å². The third-order valence-corrected chi connectivity index (χ3v) is 5.67. The van der Waals surface area contributed by atoms with E-state index in [2.05, 4.69) is 28.8 Å². The molecule has 5 nitrogen and oxygen atoms in total. The van der Waals surface area contributed by atoms with Crippen LogP contribution in [0.15, 0.2) is 42.6 Å². The summed E-state index contributed by atoms with van der Waals surface area (Å²) in [6.45, 7) is 0.592. The van der Waals surface area contributed by atoms with Crippen molar-refractivity contribution in [3.05, 3.63) is 70.7 Å². The Morgan fingerprint density at radius 3 is 2.70 bits per heavy atom. The highest BCUT2D eigenvalue weighted by atomic mass is 19.1. The smallest absolute Gasteiger partial charge is 0.149 e. The third-order valence-electron chi connectivity index (χ3n) is 5.67. The molecule has 0 saturated heterocycles. The first-order chi connectivity index (χ1) is 14.5. The molecule has 2 aromatic carbocycles. The molecule has 0 aromatic heterocycles. The molecule has 0 bridgehead atoms. The average molecular weight is 407 g/mol. The van der Waals surface area contributed by atoms with Crippen LogP contribution in [0.2, 0.25) is 0 Å². The van der Waals surface area contributed by atoms with Crippen LogP contribution in [0.25, 0.3) is 11.1 Å². The van der Waals surface area contributed by atoms with Gasteiger partial charge < -0.3 is 26.5 Å². The van der Waals surface area contributed by atoms with Crippen molar-refractivity contribution in [1.82, 2.24) is 10.6 Å². The van der Waals surface area contributed by atoms with Gasteiger partial charge in [-0.2, -0.15) is 0 Å². The minimum atomic E-state index is -0.467. The molecule has 2 aliphatic carbocycles. The summed E-state index contributed by atoms with van der Waals surface area (Å²) in [4.78, 5) is 0. The molecule has 156 valence electrons. The van der Waals surface area contributed by atoms with Gasteiger partial charge in [-0.05, 0) is 60.2 Å². The summed E-state index contributed by atoms with van der Waals surface area (Å²) >= 11 is 0. The minimum Gasteiger partial charge on any atom is -0.493 e. The van der Waals surface area contributed by atoms with Gasteiger partial charge in [0, 0.05) is 36.7 Å². The molecular formula is C24H27FN4O. The van der Waals surface area contributed by atoms with Gasteiger partial charge in [0.25, 0.3) is 0 Å². The lowest BCUT2D eigenvalue weighted by Gasteiger charge is -2.16. The van der Waals surface area contributed by atoms with E-state index in [0.29, 0.717) is 18.3 Å². The van der Waals surface area contributed by atoms with Gasteiger partial charge in [0.1, 0.15) is 11.6 Å². The molecule has 6 heteroatoms. The second kappa shape index (κ2) is 8.32. The molecule has 4 rings (SSSR count). The molecule has 0 spiro atoms. The standard InChI is InChI=1S/C24H27FN4O/c1-28-12-16(11-26)15-5-6-17-18(7-15)19(9-23(17)29-2)20-8-22(27)21(25)10-24(20)30-13-14-3-4-14/h5-12,14,23,26,28-29H,3-4,13,27H2,1-2H3/b16-12+,26-11?. The molecule has 2 aliphatic rings. The van der Waals surface area contributed by atoms with Gasteiger partial charge in [-0.15, -0.1) is 0 Å². The first kappa shape index (κ1) is 20.2. The maximum Gasteiger partial charge on any atom is 0.149 e. The predicted octanol–water partition coefficient (Wildman–Crippen LogP) is 4.11. The largest absolute Gasteiger partial charge is 0.493 e. The van der Waals surface area contributed by atoms with Crippen LogP contribution in [0, 0.1) is 17.1 Å². The van der Waals surface area contributed by atoms with E-state index < -0.39 is 5.82 Å². The van der Waals surface area contributed by atoms with Crippen LogP contribution < -0.4 is 21.1 Å². The van der Waals surface area contributed by atoms with Crippen LogP contribution in [-0.4, -0.2) is 26.9 Å². The van der Waals surface area contributed by atoms with Crippen LogP contribution in [0.4, 0.5) is 10.1 Å². The quantitative estimate of drug-likeness (QED) is 0.393. The first-order valence-corrected chi connectivity index (χ1v) is 10.2. The lowest BCUT2D eigenvalue weighted by molar-refractivity contribution is 0.297. The van der Waals surface area contributed by atoms with Gasteiger partial charge in [-0.25, -0.2) is 4.39 Å². The van der Waals surface area contributed by atoms with Crippen LogP contribution in [0.1, 0.15) is 41.1 Å². The number of nitrogens with one attached hydrogen (secondary N) is 3. The summed E-state index contributed by atoms with van der Waals surface area (Å²) in [6.07, 6.45) is 7.56. The molecule has 0 heterocycles. The molecule has 1 atom stereocenters. The number of ether oxygens (including phenoxy) is 1. The first-order valence-electron chi connectivity index (χ1n) is 10.2. The van der Waals surface area contributed by atoms with Crippen LogP contribution in [0.5, 0.6) is 5.75 Å². The van der Waals surface area contributed by atoms with E-state index in [4.69, 9.17) is 15.9 Å². The van der Waals surface area contributed by atoms with E-state index in [1.165, 1.54) is 12.3 Å². The van der Waals surface area contributed by atoms with Crippen molar-refractivity contribution < 1.29 is 9.13 Å². The maximum absolute atomic E-state index is 14.2. The summed E-state index contributed by atoms with van der Waals surface area (Å²) in [7, 11) is 3.72. The fraction of sp³-hybridized carbons (Fsp3) is 0.292. The normalized spacial score (nSPS) is 18.0. The number of nitrogen functional groups attached to an aromatic ring is 1. The van der Waals surface area contributed by atoms with Crippen molar-refractivity contribution in [2.45, 2.75) is 18.9 Å². The van der Waals surface area contributed by atoms with Gasteiger partial charge in [0.05, 0.1) is 18.3 Å². The molecule has 0 amide bonds. The summed E-state index contributed by atoms with van der Waals surface area (Å²) < 4.78 is 20.3. The zero-order chi connectivity index (χ0) is 21.3. The number of nitrogens with two attached hydrogens (primary N) is 1. The van der Waals surface area contributed by atoms with Crippen molar-refractivity contribution in [1.29, 1.82) is 5.41 Å². The van der Waals surface area contributed by atoms with Gasteiger partial charge in [-0.3, -0.25) is 0 Å². The number of anilines is 1. The molecule has 1 saturated carbocycles. The highest BCUT2D eigenvalue weighted by Gasteiger charge is 2.28. The SMILES string of the molecule is CN/C=C(\C=N)c1ccc2c(c1)C(c1cc(N)c(F)cc1OCC1CC1)=CC2NC. The number of hydrogen-bond acceptors (Lipinski definition) is 5. The molecule has 5 N–H and O–H groups in total. The Morgan fingerprint density at radius 2 is 2.03 bits per heavy atom. The van der Waals surface area contributed by atoms with E-state index in [0.717, 1.165) is 46.2 Å². The molecule has 1 fully saturated rings. The number of halogens is 1. The number of rotatable bonds is 8. The Hall–Kier alpha value is -3.12. The fourth-order valence-corrected chi connectivity index (χ4v) is 3.82. The van der Waals surface area contributed by atoms with Crippen molar-refractivity contribution in [2.75, 3.05) is 26.4 Å². The second-order valence-corrected chi connectivity index (χ2v) is 7.81. The van der Waals surface area contributed by atoms with Crippen LogP contribution in [-0.2, 0) is 0 Å². The highest BCUT2D eigenvalue weighted by Crippen LogP contribution is 2.43. The maximum atomic E-state index is 14.2. The summed E-state index contributed by atoms with van der Waals surface area (Å²) in [5.41, 5.74) is 11.6. The highest BCUT2D eigenvalue weighted by molar-refractivity contribution is 6.08. The van der Waals surface area contributed by atoms with E-state index in [1.54, 1.807) is 12.3 Å². The molecule has 0 aliphatic heterocycles. The monoisotopic (exact) mass is 406 g/mol. The predicted molar refractivity (Wildman–Crippen MR) is 120 cm³/mol. The Kier molecular flexibility index (Phi) is 5.59. The Labute approximate surface area is 176 Å².